The number of carbonyl (C=O) groups is 1. The molecule has 0 fully saturated rings. The first kappa shape index (κ1) is 52.2. The van der Waals surface area contributed by atoms with E-state index in [1.165, 1.54) is 70.6 Å². The van der Waals surface area contributed by atoms with Gasteiger partial charge in [-0.3, -0.25) is 9.36 Å². The molecule has 0 aliphatic heterocycles. The molecule has 0 aromatic rings. The number of ether oxygens (including phenoxy) is 2. The molecular weight excluding hydrogens is 701 g/mol. The van der Waals surface area contributed by atoms with Crippen LogP contribution in [0.5, 0.6) is 0 Å². The summed E-state index contributed by atoms with van der Waals surface area (Å²) >= 11 is 0. The molecule has 0 heterocycles. The molecule has 0 aromatic carbocycles. The standard InChI is InChI=1S/C44H80NO8P/c1-6-8-10-12-14-16-18-20-22-24-26-28-30-32-38-50-40-43(41-52-54(48,49)51-39-37-45(3,4)5)53-44(47)36-33-35-42(46)34-31-29-27-25-23-21-19-17-15-13-11-9-7-2/h9,11,15,17,21,23,27,29,31,34,42-43,46H,6-8,10,12-14,16,18-20,22,24-26,28,30,32-33,35-41H2,1-5H3/b11-9-,17-15-,23-21-,29-27-,34-31+. The van der Waals surface area contributed by atoms with Gasteiger partial charge in [-0.2, -0.15) is 0 Å². The highest BCUT2D eigenvalue weighted by Crippen LogP contribution is 2.38. The summed E-state index contributed by atoms with van der Waals surface area (Å²) in [6.45, 7) is 5.01. The lowest BCUT2D eigenvalue weighted by atomic mass is 10.0. The molecule has 3 atom stereocenters. The van der Waals surface area contributed by atoms with Gasteiger partial charge >= 0.3 is 5.97 Å². The minimum absolute atomic E-state index is 0.0105. The lowest BCUT2D eigenvalue weighted by Crippen LogP contribution is -2.37. The smallest absolute Gasteiger partial charge is 0.306 e. The van der Waals surface area contributed by atoms with Crippen LogP contribution in [0.25, 0.3) is 0 Å². The maximum Gasteiger partial charge on any atom is 0.306 e. The van der Waals surface area contributed by atoms with Gasteiger partial charge in [0.05, 0.1) is 40.5 Å². The van der Waals surface area contributed by atoms with E-state index in [4.69, 9.17) is 18.5 Å². The summed E-state index contributed by atoms with van der Waals surface area (Å²) in [6.07, 6.45) is 41.2. The first-order chi connectivity index (χ1) is 26.0. The second kappa shape index (κ2) is 36.8. The summed E-state index contributed by atoms with van der Waals surface area (Å²) in [4.78, 5) is 25.0. The van der Waals surface area contributed by atoms with Crippen molar-refractivity contribution in [1.29, 1.82) is 0 Å². The molecule has 314 valence electrons. The molecule has 0 rings (SSSR count). The minimum atomic E-state index is -4.58. The molecule has 0 aromatic heterocycles. The zero-order valence-corrected chi connectivity index (χ0v) is 35.9. The van der Waals surface area contributed by atoms with Gasteiger partial charge in [-0.15, -0.1) is 0 Å². The van der Waals surface area contributed by atoms with Gasteiger partial charge in [0.25, 0.3) is 7.82 Å². The number of phosphoric acid groups is 1. The highest BCUT2D eigenvalue weighted by atomic mass is 31.2. The number of esters is 1. The van der Waals surface area contributed by atoms with Gasteiger partial charge in [0.2, 0.25) is 0 Å². The van der Waals surface area contributed by atoms with Gasteiger partial charge in [0.15, 0.2) is 0 Å². The number of hydrogen-bond acceptors (Lipinski definition) is 8. The molecule has 0 amide bonds. The van der Waals surface area contributed by atoms with Crippen LogP contribution in [0.2, 0.25) is 0 Å². The summed E-state index contributed by atoms with van der Waals surface area (Å²) in [7, 11) is 1.23. The number of unbranched alkanes of at least 4 members (excludes halogenated alkanes) is 13. The van der Waals surface area contributed by atoms with E-state index in [0.717, 1.165) is 44.9 Å². The Labute approximate surface area is 331 Å². The van der Waals surface area contributed by atoms with E-state index in [1.807, 2.05) is 39.4 Å². The number of quaternary nitrogens is 1. The Balaban J connectivity index is 4.48. The molecule has 1 N–H and O–H groups in total. The van der Waals surface area contributed by atoms with Crippen molar-refractivity contribution < 1.29 is 42.4 Å². The number of aliphatic hydroxyl groups is 1. The number of aliphatic hydroxyl groups excluding tert-OH is 1. The third kappa shape index (κ3) is 39.8. The molecule has 0 bridgehead atoms. The maximum atomic E-state index is 12.7. The van der Waals surface area contributed by atoms with Crippen molar-refractivity contribution in [3.8, 4) is 0 Å². The quantitative estimate of drug-likeness (QED) is 0.0164. The molecule has 0 saturated carbocycles. The highest BCUT2D eigenvalue weighted by molar-refractivity contribution is 7.45. The van der Waals surface area contributed by atoms with Crippen molar-refractivity contribution in [2.45, 2.75) is 161 Å². The van der Waals surface area contributed by atoms with Crippen molar-refractivity contribution >= 4 is 13.8 Å². The SMILES string of the molecule is CC/C=C\C/C=C\C/C=C\C/C=C\C=C\C(O)CCCC(=O)OC(COCCCCCCCCCCCCCCCC)COP(=O)([O-])OCC[N+](C)(C)C. The fraction of sp³-hybridized carbons (Fsp3) is 0.750. The average molecular weight is 782 g/mol. The Bertz CT molecular complexity index is 1070. The van der Waals surface area contributed by atoms with E-state index >= 15 is 0 Å². The molecule has 3 unspecified atom stereocenters. The van der Waals surface area contributed by atoms with Crippen LogP contribution in [-0.2, 0) is 27.9 Å². The monoisotopic (exact) mass is 782 g/mol. The van der Waals surface area contributed by atoms with E-state index in [2.05, 4.69) is 50.3 Å². The second-order valence-corrected chi connectivity index (χ2v) is 16.6. The van der Waals surface area contributed by atoms with Gasteiger partial charge in [-0.25, -0.2) is 0 Å². The maximum absolute atomic E-state index is 12.7. The molecule has 0 spiro atoms. The zero-order chi connectivity index (χ0) is 40.0. The first-order valence-corrected chi connectivity index (χ1v) is 22.6. The van der Waals surface area contributed by atoms with Crippen LogP contribution in [0, 0.1) is 0 Å². The van der Waals surface area contributed by atoms with E-state index in [-0.39, 0.29) is 26.2 Å². The number of hydrogen-bond donors (Lipinski definition) is 1. The van der Waals surface area contributed by atoms with Gasteiger partial charge < -0.3 is 33.0 Å². The molecule has 0 aliphatic rings. The van der Waals surface area contributed by atoms with Gasteiger partial charge in [0, 0.05) is 13.0 Å². The van der Waals surface area contributed by atoms with Crippen molar-refractivity contribution in [3.05, 3.63) is 60.8 Å². The number of nitrogens with zero attached hydrogens (tertiary/aromatic N) is 1. The molecule has 0 radical (unpaired) electrons. The van der Waals surface area contributed by atoms with Crippen LogP contribution in [0.1, 0.15) is 149 Å². The molecule has 54 heavy (non-hydrogen) atoms. The molecule has 10 heteroatoms. The fourth-order valence-corrected chi connectivity index (χ4v) is 6.13. The number of rotatable bonds is 38. The Kier molecular flexibility index (Phi) is 35.5. The van der Waals surface area contributed by atoms with Crippen LogP contribution < -0.4 is 4.89 Å². The highest BCUT2D eigenvalue weighted by Gasteiger charge is 2.20. The van der Waals surface area contributed by atoms with Crippen molar-refractivity contribution in [2.75, 3.05) is 54.1 Å². The van der Waals surface area contributed by atoms with Crippen LogP contribution in [0.15, 0.2) is 60.8 Å². The third-order valence-corrected chi connectivity index (χ3v) is 9.65. The summed E-state index contributed by atoms with van der Waals surface area (Å²) in [6, 6.07) is 0. The zero-order valence-electron chi connectivity index (χ0n) is 35.0. The molecule has 0 saturated heterocycles. The normalized spacial score (nSPS) is 15.0. The number of carbonyl (C=O) groups excluding carboxylic acids is 1. The number of phosphoric ester groups is 1. The third-order valence-electron chi connectivity index (χ3n) is 8.69. The topological polar surface area (TPSA) is 114 Å². The van der Waals surface area contributed by atoms with Crippen molar-refractivity contribution in [2.24, 2.45) is 0 Å². The molecular formula is C44H80NO8P. The second-order valence-electron chi connectivity index (χ2n) is 15.2. The Morgan fingerprint density at radius 1 is 0.685 bits per heavy atom. The fourth-order valence-electron chi connectivity index (χ4n) is 5.40. The van der Waals surface area contributed by atoms with Gasteiger partial charge in [-0.1, -0.05) is 158 Å². The largest absolute Gasteiger partial charge is 0.756 e. The minimum Gasteiger partial charge on any atom is -0.756 e. The lowest BCUT2D eigenvalue weighted by Gasteiger charge is -2.28. The van der Waals surface area contributed by atoms with E-state index in [9.17, 15) is 19.4 Å². The van der Waals surface area contributed by atoms with E-state index < -0.39 is 26.0 Å². The lowest BCUT2D eigenvalue weighted by molar-refractivity contribution is -0.870. The molecule has 9 nitrogen and oxygen atoms in total. The van der Waals surface area contributed by atoms with Gasteiger partial charge in [-0.05, 0) is 44.9 Å². The van der Waals surface area contributed by atoms with E-state index in [1.54, 1.807) is 6.08 Å². The van der Waals surface area contributed by atoms with Crippen LogP contribution >= 0.6 is 7.82 Å². The Morgan fingerprint density at radius 3 is 1.78 bits per heavy atom. The predicted octanol–water partition coefficient (Wildman–Crippen LogP) is 10.5. The Morgan fingerprint density at radius 2 is 1.22 bits per heavy atom. The van der Waals surface area contributed by atoms with Crippen LogP contribution in [0.4, 0.5) is 0 Å². The predicted molar refractivity (Wildman–Crippen MR) is 223 cm³/mol. The summed E-state index contributed by atoms with van der Waals surface area (Å²) in [5.41, 5.74) is 0. The van der Waals surface area contributed by atoms with Crippen LogP contribution in [0.3, 0.4) is 0 Å². The number of likely N-dealkylation sites (N-methyl/N-ethyl adjacent to an activating group) is 1. The first-order valence-electron chi connectivity index (χ1n) is 21.1. The summed E-state index contributed by atoms with van der Waals surface area (Å²) in [5.74, 6) is -0.495. The number of allylic oxidation sites excluding steroid dienone is 9. The van der Waals surface area contributed by atoms with Crippen LogP contribution in [-0.4, -0.2) is 81.9 Å². The summed E-state index contributed by atoms with van der Waals surface area (Å²) < 4.78 is 34.4. The van der Waals surface area contributed by atoms with Crippen molar-refractivity contribution in [1.82, 2.24) is 0 Å². The van der Waals surface area contributed by atoms with Gasteiger partial charge in [0.1, 0.15) is 19.3 Å². The van der Waals surface area contributed by atoms with E-state index in [0.29, 0.717) is 30.5 Å². The average Bonchev–Trinajstić information content (AvgIpc) is 3.11. The Hall–Kier alpha value is -1.84. The summed E-state index contributed by atoms with van der Waals surface area (Å²) in [5, 5.41) is 10.3. The van der Waals surface area contributed by atoms with Crippen molar-refractivity contribution in [3.63, 3.8) is 0 Å². The molecule has 0 aliphatic carbocycles.